The fourth-order valence-corrected chi connectivity index (χ4v) is 4.54. The second-order valence-corrected chi connectivity index (χ2v) is 7.94. The summed E-state index contributed by atoms with van der Waals surface area (Å²) in [7, 11) is 0. The van der Waals surface area contributed by atoms with Gasteiger partial charge in [0, 0.05) is 5.92 Å². The van der Waals surface area contributed by atoms with Gasteiger partial charge in [0.2, 0.25) is 0 Å². The third kappa shape index (κ3) is 5.73. The van der Waals surface area contributed by atoms with Gasteiger partial charge in [-0.15, -0.1) is 0 Å². The summed E-state index contributed by atoms with van der Waals surface area (Å²) >= 11 is 0. The average Bonchev–Trinajstić information content (AvgIpc) is 3.03. The zero-order valence-corrected chi connectivity index (χ0v) is 18.3. The molecule has 0 radical (unpaired) electrons. The average molecular weight is 343 g/mol. The van der Waals surface area contributed by atoms with Crippen molar-refractivity contribution in [2.75, 3.05) is 0 Å². The van der Waals surface area contributed by atoms with Gasteiger partial charge in [-0.2, -0.15) is 0 Å². The first-order valence-corrected chi connectivity index (χ1v) is 10.7. The van der Waals surface area contributed by atoms with E-state index in [0.29, 0.717) is 0 Å². The number of rotatable bonds is 7. The lowest BCUT2D eigenvalue weighted by molar-refractivity contribution is 0.636. The van der Waals surface area contributed by atoms with Gasteiger partial charge in [-0.3, -0.25) is 0 Å². The fourth-order valence-electron chi connectivity index (χ4n) is 4.54. The third-order valence-corrected chi connectivity index (χ3v) is 6.01. The molecule has 0 aromatic heterocycles. The lowest BCUT2D eigenvalue weighted by Crippen LogP contribution is -2.01. The lowest BCUT2D eigenvalue weighted by Gasteiger charge is -2.15. The highest BCUT2D eigenvalue weighted by atomic mass is 14.3. The summed E-state index contributed by atoms with van der Waals surface area (Å²) in [5.74, 6) is 1.51. The second-order valence-electron chi connectivity index (χ2n) is 7.94. The Labute approximate surface area is 158 Å². The van der Waals surface area contributed by atoms with Crippen molar-refractivity contribution in [1.82, 2.24) is 0 Å². The Morgan fingerprint density at radius 1 is 0.840 bits per heavy atom. The molecule has 2 rings (SSSR count). The van der Waals surface area contributed by atoms with Crippen LogP contribution in [0.15, 0.2) is 45.6 Å². The van der Waals surface area contributed by atoms with Gasteiger partial charge >= 0.3 is 0 Å². The van der Waals surface area contributed by atoms with E-state index in [1.165, 1.54) is 56.1 Å². The summed E-state index contributed by atoms with van der Waals surface area (Å²) in [5.41, 5.74) is 9.70. The zero-order chi connectivity index (χ0) is 19.0. The van der Waals surface area contributed by atoms with Crippen LogP contribution in [-0.2, 0) is 0 Å². The van der Waals surface area contributed by atoms with Crippen molar-refractivity contribution in [3.05, 3.63) is 45.6 Å². The standard InChI is InChI=1S/C16H28.C9H14/c1-6-9-11-16-13(5)15(10-7-2)12(4)14(16)8-3;1-4-9-6-7(2)5-8(9)3/h14H,6-11H2,1-5H3;5-6,9H,4H2,1-3H3. The van der Waals surface area contributed by atoms with Crippen LogP contribution >= 0.6 is 0 Å². The van der Waals surface area contributed by atoms with Crippen LogP contribution in [0.5, 0.6) is 0 Å². The molecule has 2 unspecified atom stereocenters. The molecule has 0 N–H and O–H groups in total. The first kappa shape index (κ1) is 22.0. The summed E-state index contributed by atoms with van der Waals surface area (Å²) in [5, 5.41) is 0. The Bertz CT molecular complexity index is 551. The molecule has 0 amide bonds. The molecule has 142 valence electrons. The van der Waals surface area contributed by atoms with Gasteiger partial charge in [-0.1, -0.05) is 75.0 Å². The van der Waals surface area contributed by atoms with E-state index in [0.717, 1.165) is 11.8 Å². The van der Waals surface area contributed by atoms with E-state index >= 15 is 0 Å². The van der Waals surface area contributed by atoms with E-state index in [1.807, 2.05) is 0 Å². The third-order valence-electron chi connectivity index (χ3n) is 6.01. The fraction of sp³-hybridized carbons (Fsp3) is 0.680. The molecule has 0 nitrogen and oxygen atoms in total. The maximum Gasteiger partial charge on any atom is 0.00133 e. The van der Waals surface area contributed by atoms with Crippen LogP contribution < -0.4 is 0 Å². The van der Waals surface area contributed by atoms with E-state index in [2.05, 4.69) is 67.5 Å². The summed E-state index contributed by atoms with van der Waals surface area (Å²) in [6.07, 6.45) is 13.7. The lowest BCUT2D eigenvalue weighted by atomic mass is 9.90. The van der Waals surface area contributed by atoms with Crippen LogP contribution in [0.25, 0.3) is 0 Å². The smallest absolute Gasteiger partial charge is 0.00133 e. The summed E-state index contributed by atoms with van der Waals surface area (Å²) in [4.78, 5) is 0. The molecule has 0 aromatic rings. The topological polar surface area (TPSA) is 0 Å². The Kier molecular flexibility index (Phi) is 9.54. The molecule has 0 bridgehead atoms. The Balaban J connectivity index is 0.000000293. The Hall–Kier alpha value is -1.04. The molecule has 0 heterocycles. The molecular weight excluding hydrogens is 300 g/mol. The molecule has 0 saturated heterocycles. The minimum Gasteiger partial charge on any atom is -0.0744 e. The van der Waals surface area contributed by atoms with Gasteiger partial charge in [0.1, 0.15) is 0 Å². The van der Waals surface area contributed by atoms with Gasteiger partial charge in [0.15, 0.2) is 0 Å². The highest BCUT2D eigenvalue weighted by Crippen LogP contribution is 2.42. The van der Waals surface area contributed by atoms with E-state index in [9.17, 15) is 0 Å². The van der Waals surface area contributed by atoms with E-state index in [1.54, 1.807) is 22.3 Å². The second kappa shape index (κ2) is 10.8. The zero-order valence-electron chi connectivity index (χ0n) is 18.3. The molecule has 2 aliphatic carbocycles. The van der Waals surface area contributed by atoms with E-state index in [4.69, 9.17) is 0 Å². The summed E-state index contributed by atoms with van der Waals surface area (Å²) < 4.78 is 0. The Morgan fingerprint density at radius 3 is 1.92 bits per heavy atom. The molecule has 25 heavy (non-hydrogen) atoms. The maximum atomic E-state index is 2.36. The van der Waals surface area contributed by atoms with Crippen molar-refractivity contribution >= 4 is 0 Å². The minimum atomic E-state index is 0.741. The summed E-state index contributed by atoms with van der Waals surface area (Å²) in [6.45, 7) is 18.2. The van der Waals surface area contributed by atoms with Crippen LogP contribution in [0.3, 0.4) is 0 Å². The van der Waals surface area contributed by atoms with Gasteiger partial charge in [0.25, 0.3) is 0 Å². The number of unbranched alkanes of at least 4 members (excludes halogenated alkanes) is 1. The van der Waals surface area contributed by atoms with E-state index < -0.39 is 0 Å². The Morgan fingerprint density at radius 2 is 1.52 bits per heavy atom. The van der Waals surface area contributed by atoms with Crippen LogP contribution in [0.4, 0.5) is 0 Å². The molecule has 0 aliphatic heterocycles. The van der Waals surface area contributed by atoms with Gasteiger partial charge < -0.3 is 0 Å². The first-order chi connectivity index (χ1) is 11.9. The van der Waals surface area contributed by atoms with Gasteiger partial charge in [-0.25, -0.2) is 0 Å². The van der Waals surface area contributed by atoms with Crippen molar-refractivity contribution in [1.29, 1.82) is 0 Å². The highest BCUT2D eigenvalue weighted by molar-refractivity contribution is 5.48. The van der Waals surface area contributed by atoms with Crippen LogP contribution in [0.1, 0.15) is 100 Å². The van der Waals surface area contributed by atoms with Crippen LogP contribution in [-0.4, -0.2) is 0 Å². The quantitative estimate of drug-likeness (QED) is 0.434. The van der Waals surface area contributed by atoms with Crippen molar-refractivity contribution in [3.63, 3.8) is 0 Å². The number of allylic oxidation sites excluding steroid dienone is 8. The van der Waals surface area contributed by atoms with E-state index in [-0.39, 0.29) is 0 Å². The molecule has 0 aromatic carbocycles. The molecule has 0 spiro atoms. The molecule has 0 heteroatoms. The van der Waals surface area contributed by atoms with Crippen LogP contribution in [0.2, 0.25) is 0 Å². The maximum absolute atomic E-state index is 2.36. The van der Waals surface area contributed by atoms with Gasteiger partial charge in [0.05, 0.1) is 0 Å². The molecule has 2 atom stereocenters. The number of hydrogen-bond donors (Lipinski definition) is 0. The molecule has 0 saturated carbocycles. The minimum absolute atomic E-state index is 0.741. The van der Waals surface area contributed by atoms with Crippen molar-refractivity contribution < 1.29 is 0 Å². The van der Waals surface area contributed by atoms with Crippen LogP contribution in [0, 0.1) is 11.8 Å². The van der Waals surface area contributed by atoms with Crippen molar-refractivity contribution in [3.8, 4) is 0 Å². The molecule has 0 fully saturated rings. The summed E-state index contributed by atoms with van der Waals surface area (Å²) in [6, 6.07) is 0. The first-order valence-electron chi connectivity index (χ1n) is 10.7. The van der Waals surface area contributed by atoms with Crippen molar-refractivity contribution in [2.45, 2.75) is 100 Å². The van der Waals surface area contributed by atoms with Crippen molar-refractivity contribution in [2.24, 2.45) is 11.8 Å². The normalized spacial score (nSPS) is 22.9. The predicted molar refractivity (Wildman–Crippen MR) is 115 cm³/mol. The highest BCUT2D eigenvalue weighted by Gasteiger charge is 2.26. The number of hydrogen-bond acceptors (Lipinski definition) is 0. The predicted octanol–water partition coefficient (Wildman–Crippen LogP) is 8.57. The monoisotopic (exact) mass is 342 g/mol. The molecular formula is C25H42. The molecule has 2 aliphatic rings. The SMILES string of the molecule is CCC1C=C(C)C=C1C.CCCCC1=C(C)C(CCC)=C(C)C1CC. The largest absolute Gasteiger partial charge is 0.0744 e. The van der Waals surface area contributed by atoms with Gasteiger partial charge in [-0.05, 0) is 76.9 Å².